The van der Waals surface area contributed by atoms with Gasteiger partial charge in [0.05, 0.1) is 10.6 Å². The average molecular weight is 339 g/mol. The maximum atomic E-state index is 12.7. The highest BCUT2D eigenvalue weighted by Gasteiger charge is 2.31. The summed E-state index contributed by atoms with van der Waals surface area (Å²) >= 11 is 12.7. The standard InChI is InChI=1S/C12H7Cl2F3N2S/c13-7-1-2-8(14)9(5-7)20-11-4-6(12(15,16)17)3-10(18)19-11/h1-5H,(H2,18,19). The van der Waals surface area contributed by atoms with E-state index in [2.05, 4.69) is 4.98 Å². The van der Waals surface area contributed by atoms with Crippen LogP contribution in [0.3, 0.4) is 0 Å². The van der Waals surface area contributed by atoms with E-state index in [9.17, 15) is 13.2 Å². The Kier molecular flexibility index (Phi) is 4.36. The molecule has 0 unspecified atom stereocenters. The van der Waals surface area contributed by atoms with Crippen LogP contribution in [0.2, 0.25) is 10.0 Å². The number of benzene rings is 1. The highest BCUT2D eigenvalue weighted by molar-refractivity contribution is 7.99. The first-order valence-electron chi connectivity index (χ1n) is 5.23. The molecule has 0 bridgehead atoms. The van der Waals surface area contributed by atoms with Crippen LogP contribution in [0.15, 0.2) is 40.3 Å². The minimum atomic E-state index is -4.48. The summed E-state index contributed by atoms with van der Waals surface area (Å²) in [7, 11) is 0. The zero-order valence-electron chi connectivity index (χ0n) is 9.71. The fourth-order valence-corrected chi connectivity index (χ4v) is 2.79. The average Bonchev–Trinajstić information content (AvgIpc) is 2.32. The first kappa shape index (κ1) is 15.3. The Morgan fingerprint density at radius 3 is 2.45 bits per heavy atom. The maximum Gasteiger partial charge on any atom is 0.416 e. The number of nitrogen functional groups attached to an aromatic ring is 1. The van der Waals surface area contributed by atoms with Crippen molar-refractivity contribution in [1.29, 1.82) is 0 Å². The van der Waals surface area contributed by atoms with E-state index in [0.717, 1.165) is 23.9 Å². The van der Waals surface area contributed by atoms with Crippen molar-refractivity contribution in [1.82, 2.24) is 4.98 Å². The van der Waals surface area contributed by atoms with Crippen LogP contribution in [0.4, 0.5) is 19.0 Å². The Bertz CT molecular complexity index is 647. The number of nitrogens with zero attached hydrogens (tertiary/aromatic N) is 1. The van der Waals surface area contributed by atoms with E-state index >= 15 is 0 Å². The molecule has 2 aromatic rings. The molecule has 0 saturated heterocycles. The van der Waals surface area contributed by atoms with Crippen molar-refractivity contribution in [3.63, 3.8) is 0 Å². The topological polar surface area (TPSA) is 38.9 Å². The van der Waals surface area contributed by atoms with E-state index < -0.39 is 11.7 Å². The summed E-state index contributed by atoms with van der Waals surface area (Å²) in [4.78, 5) is 4.36. The smallest absolute Gasteiger partial charge is 0.384 e. The fourth-order valence-electron chi connectivity index (χ4n) is 1.41. The number of hydrogen-bond acceptors (Lipinski definition) is 3. The third-order valence-corrected chi connectivity index (χ3v) is 3.91. The Morgan fingerprint density at radius 2 is 1.80 bits per heavy atom. The predicted octanol–water partition coefficient (Wildman–Crippen LogP) is 5.14. The molecule has 20 heavy (non-hydrogen) atoms. The van der Waals surface area contributed by atoms with Crippen LogP contribution in [0, 0.1) is 0 Å². The van der Waals surface area contributed by atoms with Crippen LogP contribution in [-0.4, -0.2) is 4.98 Å². The summed E-state index contributed by atoms with van der Waals surface area (Å²) in [6.45, 7) is 0. The summed E-state index contributed by atoms with van der Waals surface area (Å²) < 4.78 is 38.1. The molecule has 0 radical (unpaired) electrons. The molecular formula is C12H7Cl2F3N2S. The minimum Gasteiger partial charge on any atom is -0.384 e. The molecule has 2 nitrogen and oxygen atoms in total. The molecule has 0 atom stereocenters. The van der Waals surface area contributed by atoms with Crippen molar-refractivity contribution in [3.05, 3.63) is 45.9 Å². The number of pyridine rings is 1. The molecule has 0 fully saturated rings. The molecule has 2 rings (SSSR count). The van der Waals surface area contributed by atoms with Crippen molar-refractivity contribution >= 4 is 40.8 Å². The van der Waals surface area contributed by atoms with Gasteiger partial charge in [0.2, 0.25) is 0 Å². The Morgan fingerprint density at radius 1 is 1.10 bits per heavy atom. The van der Waals surface area contributed by atoms with Gasteiger partial charge >= 0.3 is 6.18 Å². The summed E-state index contributed by atoms with van der Waals surface area (Å²) in [5, 5.41) is 0.899. The lowest BCUT2D eigenvalue weighted by molar-refractivity contribution is -0.137. The number of anilines is 1. The highest BCUT2D eigenvalue weighted by Crippen LogP contribution is 2.37. The second-order valence-electron chi connectivity index (χ2n) is 3.79. The van der Waals surface area contributed by atoms with Gasteiger partial charge in [-0.2, -0.15) is 13.2 Å². The van der Waals surface area contributed by atoms with Crippen LogP contribution in [0.1, 0.15) is 5.56 Å². The second kappa shape index (κ2) is 5.71. The molecule has 0 aliphatic rings. The molecule has 106 valence electrons. The van der Waals surface area contributed by atoms with Gasteiger partial charge in [0.25, 0.3) is 0 Å². The van der Waals surface area contributed by atoms with Gasteiger partial charge in [0.1, 0.15) is 10.8 Å². The third kappa shape index (κ3) is 3.71. The lowest BCUT2D eigenvalue weighted by Crippen LogP contribution is -2.07. The normalized spacial score (nSPS) is 11.7. The lowest BCUT2D eigenvalue weighted by Gasteiger charge is -2.10. The first-order chi connectivity index (χ1) is 9.25. The van der Waals surface area contributed by atoms with Crippen LogP contribution in [0.25, 0.3) is 0 Å². The summed E-state index contributed by atoms with van der Waals surface area (Å²) in [6, 6.07) is 6.39. The van der Waals surface area contributed by atoms with Gasteiger partial charge in [-0.25, -0.2) is 4.98 Å². The number of halogens is 5. The van der Waals surface area contributed by atoms with Crippen molar-refractivity contribution in [3.8, 4) is 0 Å². The molecule has 0 aliphatic carbocycles. The van der Waals surface area contributed by atoms with Crippen molar-refractivity contribution < 1.29 is 13.2 Å². The van der Waals surface area contributed by atoms with Gasteiger partial charge < -0.3 is 5.73 Å². The molecule has 1 heterocycles. The van der Waals surface area contributed by atoms with Gasteiger partial charge in [-0.15, -0.1) is 0 Å². The molecule has 1 aromatic carbocycles. The van der Waals surface area contributed by atoms with E-state index in [0.29, 0.717) is 14.9 Å². The van der Waals surface area contributed by atoms with E-state index in [1.165, 1.54) is 0 Å². The quantitative estimate of drug-likeness (QED) is 0.823. The van der Waals surface area contributed by atoms with Crippen LogP contribution < -0.4 is 5.73 Å². The Balaban J connectivity index is 2.39. The zero-order chi connectivity index (χ0) is 14.9. The fraction of sp³-hybridized carbons (Fsp3) is 0.0833. The van der Waals surface area contributed by atoms with Gasteiger partial charge in [-0.3, -0.25) is 0 Å². The van der Waals surface area contributed by atoms with Gasteiger partial charge in [0, 0.05) is 9.92 Å². The van der Waals surface area contributed by atoms with E-state index in [-0.39, 0.29) is 10.8 Å². The molecular weight excluding hydrogens is 332 g/mol. The van der Waals surface area contributed by atoms with Crippen LogP contribution in [-0.2, 0) is 6.18 Å². The van der Waals surface area contributed by atoms with Gasteiger partial charge in [-0.1, -0.05) is 35.0 Å². The summed E-state index contributed by atoms with van der Waals surface area (Å²) in [5.74, 6) is -0.208. The Labute approximate surface area is 127 Å². The maximum absolute atomic E-state index is 12.7. The molecule has 0 saturated carbocycles. The zero-order valence-corrected chi connectivity index (χ0v) is 12.0. The van der Waals surface area contributed by atoms with Crippen molar-refractivity contribution in [2.24, 2.45) is 0 Å². The van der Waals surface area contributed by atoms with Crippen molar-refractivity contribution in [2.45, 2.75) is 16.1 Å². The van der Waals surface area contributed by atoms with E-state index in [1.807, 2.05) is 0 Å². The number of nitrogens with two attached hydrogens (primary N) is 1. The molecule has 2 N–H and O–H groups in total. The summed E-state index contributed by atoms with van der Waals surface area (Å²) in [5.41, 5.74) is 4.54. The van der Waals surface area contributed by atoms with Crippen LogP contribution in [0.5, 0.6) is 0 Å². The van der Waals surface area contributed by atoms with E-state index in [1.54, 1.807) is 18.2 Å². The SMILES string of the molecule is Nc1cc(C(F)(F)F)cc(Sc2cc(Cl)ccc2Cl)n1. The van der Waals surface area contributed by atoms with Crippen LogP contribution >= 0.6 is 35.0 Å². The number of aromatic nitrogens is 1. The predicted molar refractivity (Wildman–Crippen MR) is 74.2 cm³/mol. The third-order valence-electron chi connectivity index (χ3n) is 2.26. The molecule has 0 aliphatic heterocycles. The number of rotatable bonds is 2. The molecule has 0 spiro atoms. The summed E-state index contributed by atoms with van der Waals surface area (Å²) in [6.07, 6.45) is -4.48. The molecule has 1 aromatic heterocycles. The number of hydrogen-bond donors (Lipinski definition) is 1. The molecule has 0 amide bonds. The second-order valence-corrected chi connectivity index (χ2v) is 5.70. The minimum absolute atomic E-state index is 0.0986. The Hall–Kier alpha value is -1.11. The lowest BCUT2D eigenvalue weighted by atomic mass is 10.2. The first-order valence-corrected chi connectivity index (χ1v) is 6.80. The van der Waals surface area contributed by atoms with Crippen molar-refractivity contribution in [2.75, 3.05) is 5.73 Å². The number of alkyl halides is 3. The monoisotopic (exact) mass is 338 g/mol. The molecule has 8 heteroatoms. The largest absolute Gasteiger partial charge is 0.416 e. The van der Waals surface area contributed by atoms with Gasteiger partial charge in [-0.05, 0) is 30.3 Å². The highest BCUT2D eigenvalue weighted by atomic mass is 35.5. The van der Waals surface area contributed by atoms with Gasteiger partial charge in [0.15, 0.2) is 0 Å². The van der Waals surface area contributed by atoms with E-state index in [4.69, 9.17) is 28.9 Å².